The van der Waals surface area contributed by atoms with Crippen LogP contribution in [0.5, 0.6) is 0 Å². The zero-order chi connectivity index (χ0) is 59.2. The first-order valence-electron chi connectivity index (χ1n) is 34.9. The van der Waals surface area contributed by atoms with E-state index in [2.05, 4.69) is 130 Å². The van der Waals surface area contributed by atoms with Crippen LogP contribution in [0.15, 0.2) is 109 Å². The lowest BCUT2D eigenvalue weighted by Crippen LogP contribution is -2.30. The zero-order valence-electron chi connectivity index (χ0n) is 54.0. The molecule has 0 aromatic carbocycles. The van der Waals surface area contributed by atoms with Crippen LogP contribution in [-0.2, 0) is 28.6 Å². The van der Waals surface area contributed by atoms with Crippen molar-refractivity contribution >= 4 is 17.9 Å². The van der Waals surface area contributed by atoms with Gasteiger partial charge in [-0.3, -0.25) is 14.4 Å². The number of hydrogen-bond acceptors (Lipinski definition) is 6. The number of allylic oxidation sites excluding steroid dienone is 18. The van der Waals surface area contributed by atoms with E-state index in [4.69, 9.17) is 14.2 Å². The minimum Gasteiger partial charge on any atom is -0.462 e. The second-order valence-electron chi connectivity index (χ2n) is 23.1. The number of hydrogen-bond donors (Lipinski definition) is 0. The predicted molar refractivity (Wildman–Crippen MR) is 357 cm³/mol. The van der Waals surface area contributed by atoms with Crippen LogP contribution in [0.25, 0.3) is 0 Å². The Bertz CT molecular complexity index is 1640. The molecule has 0 aromatic rings. The minimum atomic E-state index is -0.802. The highest BCUT2D eigenvalue weighted by atomic mass is 16.6. The number of carbonyl (C=O) groups excluding carboxylic acids is 3. The topological polar surface area (TPSA) is 78.9 Å². The molecule has 6 heteroatoms. The summed E-state index contributed by atoms with van der Waals surface area (Å²) in [6, 6.07) is 0. The lowest BCUT2D eigenvalue weighted by atomic mass is 10.0. The van der Waals surface area contributed by atoms with E-state index in [-0.39, 0.29) is 37.5 Å². The molecule has 0 heterocycles. The molecule has 0 spiro atoms. The van der Waals surface area contributed by atoms with Crippen LogP contribution in [0.2, 0.25) is 0 Å². The minimum absolute atomic E-state index is 0.0939. The maximum Gasteiger partial charge on any atom is 0.306 e. The molecule has 82 heavy (non-hydrogen) atoms. The third kappa shape index (κ3) is 66.9. The Morgan fingerprint density at radius 3 is 0.768 bits per heavy atom. The lowest BCUT2D eigenvalue weighted by Gasteiger charge is -2.18. The highest BCUT2D eigenvalue weighted by Crippen LogP contribution is 2.16. The van der Waals surface area contributed by atoms with Crippen molar-refractivity contribution in [3.8, 4) is 0 Å². The highest BCUT2D eigenvalue weighted by molar-refractivity contribution is 5.71. The van der Waals surface area contributed by atoms with Gasteiger partial charge in [0.2, 0.25) is 0 Å². The fourth-order valence-corrected chi connectivity index (χ4v) is 9.77. The summed E-state index contributed by atoms with van der Waals surface area (Å²) in [6.07, 6.45) is 95.4. The van der Waals surface area contributed by atoms with Crippen molar-refractivity contribution in [1.29, 1.82) is 0 Å². The van der Waals surface area contributed by atoms with E-state index < -0.39 is 6.10 Å². The van der Waals surface area contributed by atoms with Crippen molar-refractivity contribution in [2.75, 3.05) is 13.2 Å². The summed E-state index contributed by atoms with van der Waals surface area (Å²) >= 11 is 0. The zero-order valence-corrected chi connectivity index (χ0v) is 54.0. The molecule has 0 saturated heterocycles. The third-order valence-electron chi connectivity index (χ3n) is 15.0. The summed E-state index contributed by atoms with van der Waals surface area (Å²) in [4.78, 5) is 38.4. The van der Waals surface area contributed by atoms with Crippen LogP contribution in [0, 0.1) is 0 Å². The van der Waals surface area contributed by atoms with Crippen molar-refractivity contribution < 1.29 is 28.6 Å². The highest BCUT2D eigenvalue weighted by Gasteiger charge is 2.19. The standard InChI is InChI=1S/C76H130O6/c1-4-7-10-13-16-19-22-25-28-31-33-34-35-36-37-38-39-40-41-42-44-45-48-51-54-57-60-63-66-69-75(78)81-72-73(71-80-74(77)68-65-62-59-56-53-50-47-30-27-24-21-18-15-12-9-6-3)82-76(79)70-67-64-61-58-55-52-49-46-43-32-29-26-23-20-17-14-11-8-5-2/h8,11,17,20,22,25-26,29-31,33,35-36,43,46-47,52,55,73H,4-7,9-10,12-16,18-19,21,23-24,27-28,32,34,37-42,44-45,48-51,53-54,56-72H2,1-3H3/b11-8-,20-17-,25-22-,29-26-,33-31-,36-35-,46-43-,47-30-,55-52-. The molecule has 470 valence electrons. The molecule has 0 bridgehead atoms. The van der Waals surface area contributed by atoms with Crippen molar-refractivity contribution in [1.82, 2.24) is 0 Å². The molecule has 1 atom stereocenters. The largest absolute Gasteiger partial charge is 0.462 e. The van der Waals surface area contributed by atoms with Gasteiger partial charge in [0.25, 0.3) is 0 Å². The van der Waals surface area contributed by atoms with E-state index in [1.165, 1.54) is 180 Å². The number of rotatable bonds is 63. The van der Waals surface area contributed by atoms with Crippen LogP contribution in [0.4, 0.5) is 0 Å². The fraction of sp³-hybridized carbons (Fsp3) is 0.724. The molecule has 0 aliphatic carbocycles. The Morgan fingerprint density at radius 1 is 0.256 bits per heavy atom. The molecule has 0 saturated carbocycles. The fourth-order valence-electron chi connectivity index (χ4n) is 9.77. The van der Waals surface area contributed by atoms with Crippen molar-refractivity contribution in [3.63, 3.8) is 0 Å². The normalized spacial score (nSPS) is 12.8. The molecule has 0 radical (unpaired) electrons. The monoisotopic (exact) mass is 1140 g/mol. The van der Waals surface area contributed by atoms with E-state index in [1.54, 1.807) is 0 Å². The van der Waals surface area contributed by atoms with Crippen molar-refractivity contribution in [2.45, 2.75) is 341 Å². The molecular formula is C76H130O6. The van der Waals surface area contributed by atoms with Gasteiger partial charge in [-0.05, 0) is 128 Å². The summed E-state index contributed by atoms with van der Waals surface area (Å²) in [5.41, 5.74) is 0. The van der Waals surface area contributed by atoms with Gasteiger partial charge >= 0.3 is 17.9 Å². The molecule has 0 aromatic heterocycles. The molecule has 1 unspecified atom stereocenters. The first-order valence-corrected chi connectivity index (χ1v) is 34.9. The average molecular weight is 1140 g/mol. The number of carbonyl (C=O) groups is 3. The predicted octanol–water partition coefficient (Wildman–Crippen LogP) is 24.2. The van der Waals surface area contributed by atoms with Crippen molar-refractivity contribution in [2.24, 2.45) is 0 Å². The molecule has 0 rings (SSSR count). The van der Waals surface area contributed by atoms with Crippen LogP contribution in [0.1, 0.15) is 335 Å². The van der Waals surface area contributed by atoms with E-state index in [1.807, 2.05) is 0 Å². The second kappa shape index (κ2) is 69.6. The second-order valence-corrected chi connectivity index (χ2v) is 23.1. The van der Waals surface area contributed by atoms with Gasteiger partial charge in [-0.15, -0.1) is 0 Å². The number of unbranched alkanes of at least 4 members (excludes halogenated alkanes) is 34. The van der Waals surface area contributed by atoms with Gasteiger partial charge in [-0.25, -0.2) is 0 Å². The first kappa shape index (κ1) is 78.1. The van der Waals surface area contributed by atoms with Crippen LogP contribution in [0.3, 0.4) is 0 Å². The van der Waals surface area contributed by atoms with Crippen LogP contribution >= 0.6 is 0 Å². The number of ether oxygens (including phenoxy) is 3. The van der Waals surface area contributed by atoms with E-state index >= 15 is 0 Å². The molecule has 0 aliphatic rings. The van der Waals surface area contributed by atoms with Gasteiger partial charge in [0, 0.05) is 19.3 Å². The molecule has 0 amide bonds. The van der Waals surface area contributed by atoms with Gasteiger partial charge in [0.05, 0.1) is 0 Å². The van der Waals surface area contributed by atoms with Gasteiger partial charge in [-0.1, -0.05) is 297 Å². The Hall–Kier alpha value is -3.93. The maximum absolute atomic E-state index is 12.9. The van der Waals surface area contributed by atoms with Crippen molar-refractivity contribution in [3.05, 3.63) is 109 Å². The Balaban J connectivity index is 4.35. The van der Waals surface area contributed by atoms with E-state index in [9.17, 15) is 14.4 Å². The Morgan fingerprint density at radius 2 is 0.476 bits per heavy atom. The van der Waals surface area contributed by atoms with Gasteiger partial charge in [0.1, 0.15) is 13.2 Å². The Labute approximate surface area is 508 Å². The van der Waals surface area contributed by atoms with Crippen LogP contribution < -0.4 is 0 Å². The quantitative estimate of drug-likeness (QED) is 0.0261. The van der Waals surface area contributed by atoms with E-state index in [0.717, 1.165) is 116 Å². The molecule has 0 aliphatic heterocycles. The SMILES string of the molecule is CC/C=C\C/C=C\C/C=C\C/C=C\C/C=C\CCCCCC(=O)OC(COC(=O)CCCCCCC/C=C\CCCCCCCCC)COC(=O)CCCCCCCCCCCCCCCC/C=C\C/C=C\C/C=C\CCCCCCC. The van der Waals surface area contributed by atoms with Crippen LogP contribution in [-0.4, -0.2) is 37.2 Å². The number of esters is 3. The van der Waals surface area contributed by atoms with Gasteiger partial charge < -0.3 is 14.2 Å². The maximum atomic E-state index is 12.9. The first-order chi connectivity index (χ1) is 40.5. The molecular weight excluding hydrogens is 1010 g/mol. The molecule has 6 nitrogen and oxygen atoms in total. The lowest BCUT2D eigenvalue weighted by molar-refractivity contribution is -0.167. The van der Waals surface area contributed by atoms with Gasteiger partial charge in [0.15, 0.2) is 6.10 Å². The summed E-state index contributed by atoms with van der Waals surface area (Å²) in [6.45, 7) is 6.51. The summed E-state index contributed by atoms with van der Waals surface area (Å²) in [7, 11) is 0. The molecule has 0 fully saturated rings. The summed E-state index contributed by atoms with van der Waals surface area (Å²) in [5, 5.41) is 0. The summed E-state index contributed by atoms with van der Waals surface area (Å²) in [5.74, 6) is -0.924. The average Bonchev–Trinajstić information content (AvgIpc) is 3.47. The summed E-state index contributed by atoms with van der Waals surface area (Å²) < 4.78 is 16.9. The van der Waals surface area contributed by atoms with E-state index in [0.29, 0.717) is 12.8 Å². The smallest absolute Gasteiger partial charge is 0.306 e. The molecule has 0 N–H and O–H groups in total. The third-order valence-corrected chi connectivity index (χ3v) is 15.0. The van der Waals surface area contributed by atoms with Gasteiger partial charge in [-0.2, -0.15) is 0 Å². The Kier molecular flexibility index (Phi) is 66.2.